The summed E-state index contributed by atoms with van der Waals surface area (Å²) in [4.78, 5) is 16.4. The van der Waals surface area contributed by atoms with Gasteiger partial charge in [-0.25, -0.2) is 4.98 Å². The molecule has 0 unspecified atom stereocenters. The van der Waals surface area contributed by atoms with Crippen LogP contribution in [0.4, 0.5) is 4.39 Å². The van der Waals surface area contributed by atoms with Crippen molar-refractivity contribution in [1.29, 1.82) is 0 Å². The number of halogens is 2. The maximum atomic E-state index is 14.3. The molecule has 26 heavy (non-hydrogen) atoms. The second kappa shape index (κ2) is 6.84. The van der Waals surface area contributed by atoms with Gasteiger partial charge < -0.3 is 14.8 Å². The first-order chi connectivity index (χ1) is 12.6. The van der Waals surface area contributed by atoms with Gasteiger partial charge in [-0.2, -0.15) is 4.39 Å². The van der Waals surface area contributed by atoms with E-state index < -0.39 is 11.9 Å². The fourth-order valence-electron chi connectivity index (χ4n) is 2.76. The Kier molecular flexibility index (Phi) is 4.38. The summed E-state index contributed by atoms with van der Waals surface area (Å²) in [5.41, 5.74) is 0.835. The van der Waals surface area contributed by atoms with Crippen LogP contribution in [0, 0.1) is 5.95 Å². The maximum Gasteiger partial charge on any atom is 0.274 e. The Balaban J connectivity index is 1.53. The minimum absolute atomic E-state index is 0.155. The zero-order valence-corrected chi connectivity index (χ0v) is 14.4. The van der Waals surface area contributed by atoms with Crippen LogP contribution in [0.1, 0.15) is 22.5 Å². The van der Waals surface area contributed by atoms with Crippen molar-refractivity contribution in [2.45, 2.75) is 13.0 Å². The number of amides is 1. The zero-order valence-electron chi connectivity index (χ0n) is 13.7. The molecule has 1 N–H and O–H groups in total. The zero-order chi connectivity index (χ0) is 18.1. The predicted molar refractivity (Wildman–Crippen MR) is 93.4 cm³/mol. The number of hydrogen-bond acceptors (Lipinski definition) is 4. The van der Waals surface area contributed by atoms with Crippen LogP contribution < -0.4 is 14.8 Å². The third-order valence-electron chi connectivity index (χ3n) is 4.00. The normalized spacial score (nSPS) is 13.5. The number of carbonyl (C=O) groups is 1. The third-order valence-corrected chi connectivity index (χ3v) is 4.28. The van der Waals surface area contributed by atoms with Gasteiger partial charge in [0.2, 0.25) is 5.95 Å². The molecule has 0 spiro atoms. The van der Waals surface area contributed by atoms with E-state index in [1.807, 2.05) is 0 Å². The van der Waals surface area contributed by atoms with E-state index in [2.05, 4.69) is 10.3 Å². The molecule has 0 aliphatic carbocycles. The molecule has 1 aliphatic rings. The summed E-state index contributed by atoms with van der Waals surface area (Å²) in [7, 11) is 0. The fraction of sp³-hybridized carbons (Fsp3) is 0.222. The molecule has 134 valence electrons. The summed E-state index contributed by atoms with van der Waals surface area (Å²) in [5, 5.41) is 3.07. The summed E-state index contributed by atoms with van der Waals surface area (Å²) in [6.07, 6.45) is 2.28. The first kappa shape index (κ1) is 16.7. The monoisotopic (exact) mass is 375 g/mol. The Labute approximate surface area is 153 Å². The molecule has 1 aliphatic heterocycles. The van der Waals surface area contributed by atoms with Crippen LogP contribution in [0.25, 0.3) is 5.65 Å². The van der Waals surface area contributed by atoms with Gasteiger partial charge in [0.05, 0.1) is 18.2 Å². The van der Waals surface area contributed by atoms with E-state index in [0.717, 1.165) is 12.0 Å². The molecule has 0 saturated heterocycles. The van der Waals surface area contributed by atoms with Crippen molar-refractivity contribution in [3.05, 3.63) is 58.8 Å². The van der Waals surface area contributed by atoms with Crippen molar-refractivity contribution < 1.29 is 18.7 Å². The van der Waals surface area contributed by atoms with Gasteiger partial charge in [-0.3, -0.25) is 9.20 Å². The minimum atomic E-state index is -0.699. The number of nitrogens with one attached hydrogen (secondary N) is 1. The van der Waals surface area contributed by atoms with Gasteiger partial charge in [-0.15, -0.1) is 0 Å². The number of fused-ring (bicyclic) bond motifs is 2. The molecule has 1 aromatic carbocycles. The highest BCUT2D eigenvalue weighted by Crippen LogP contribution is 2.37. The molecule has 0 bridgehead atoms. The Bertz CT molecular complexity index is 989. The van der Waals surface area contributed by atoms with Gasteiger partial charge in [-0.05, 0) is 29.8 Å². The van der Waals surface area contributed by atoms with Crippen molar-refractivity contribution in [3.63, 3.8) is 0 Å². The van der Waals surface area contributed by atoms with Crippen LogP contribution in [0.3, 0.4) is 0 Å². The minimum Gasteiger partial charge on any atom is -0.489 e. The SMILES string of the molecule is O=C(NCc1cc(Cl)c2c(c1)OCCCO2)c1nc2ccccn2c1F. The molecule has 3 heterocycles. The van der Waals surface area contributed by atoms with Gasteiger partial charge in [0.25, 0.3) is 5.91 Å². The molecule has 1 amide bonds. The van der Waals surface area contributed by atoms with Crippen molar-refractivity contribution in [2.75, 3.05) is 13.2 Å². The van der Waals surface area contributed by atoms with E-state index >= 15 is 0 Å². The average molecular weight is 376 g/mol. The fourth-order valence-corrected chi connectivity index (χ4v) is 3.05. The predicted octanol–water partition coefficient (Wildman–Crippen LogP) is 3.22. The smallest absolute Gasteiger partial charge is 0.274 e. The Morgan fingerprint density at radius 2 is 2.15 bits per heavy atom. The number of ether oxygens (including phenoxy) is 2. The quantitative estimate of drug-likeness (QED) is 0.763. The number of aromatic nitrogens is 2. The lowest BCUT2D eigenvalue weighted by atomic mass is 10.2. The van der Waals surface area contributed by atoms with E-state index in [9.17, 15) is 9.18 Å². The number of rotatable bonds is 3. The van der Waals surface area contributed by atoms with Gasteiger partial charge in [0.15, 0.2) is 17.2 Å². The molecule has 6 nitrogen and oxygen atoms in total. The van der Waals surface area contributed by atoms with E-state index in [1.54, 1.807) is 30.3 Å². The highest BCUT2D eigenvalue weighted by molar-refractivity contribution is 6.32. The van der Waals surface area contributed by atoms with Gasteiger partial charge in [0.1, 0.15) is 5.65 Å². The van der Waals surface area contributed by atoms with Gasteiger partial charge in [-0.1, -0.05) is 17.7 Å². The second-order valence-electron chi connectivity index (χ2n) is 5.82. The van der Waals surface area contributed by atoms with E-state index in [-0.39, 0.29) is 12.2 Å². The van der Waals surface area contributed by atoms with Crippen LogP contribution >= 0.6 is 11.6 Å². The lowest BCUT2D eigenvalue weighted by Crippen LogP contribution is -2.24. The van der Waals surface area contributed by atoms with Gasteiger partial charge >= 0.3 is 0 Å². The van der Waals surface area contributed by atoms with Crippen LogP contribution in [0.15, 0.2) is 36.5 Å². The van der Waals surface area contributed by atoms with E-state index in [0.29, 0.717) is 35.4 Å². The largest absolute Gasteiger partial charge is 0.489 e. The van der Waals surface area contributed by atoms with E-state index in [1.165, 1.54) is 10.6 Å². The first-order valence-electron chi connectivity index (χ1n) is 8.12. The summed E-state index contributed by atoms with van der Waals surface area (Å²) >= 11 is 6.24. The lowest BCUT2D eigenvalue weighted by molar-refractivity contribution is 0.0942. The Morgan fingerprint density at radius 3 is 3.00 bits per heavy atom. The molecule has 8 heteroatoms. The third kappa shape index (κ3) is 3.06. The van der Waals surface area contributed by atoms with Gasteiger partial charge in [0, 0.05) is 19.2 Å². The molecule has 2 aromatic heterocycles. The maximum absolute atomic E-state index is 14.3. The molecular weight excluding hydrogens is 361 g/mol. The molecule has 0 radical (unpaired) electrons. The number of nitrogens with zero attached hydrogens (tertiary/aromatic N) is 2. The number of pyridine rings is 1. The van der Waals surface area contributed by atoms with Crippen LogP contribution in [-0.2, 0) is 6.54 Å². The second-order valence-corrected chi connectivity index (χ2v) is 6.23. The summed E-state index contributed by atoms with van der Waals surface area (Å²) in [6, 6.07) is 8.47. The van der Waals surface area contributed by atoms with Crippen molar-refractivity contribution in [2.24, 2.45) is 0 Å². The molecule has 3 aromatic rings. The standard InChI is InChI=1S/C18H15ClFN3O3/c19-12-8-11(9-13-16(12)26-7-3-6-25-13)10-21-18(24)15-17(20)23-5-2-1-4-14(23)22-15/h1-2,4-5,8-9H,3,6-7,10H2,(H,21,24). The highest BCUT2D eigenvalue weighted by atomic mass is 35.5. The first-order valence-corrected chi connectivity index (χ1v) is 8.50. The van der Waals surface area contributed by atoms with Crippen LogP contribution in [0.5, 0.6) is 11.5 Å². The number of hydrogen-bond donors (Lipinski definition) is 1. The Hall–Kier alpha value is -2.80. The molecule has 0 atom stereocenters. The summed E-state index contributed by atoms with van der Waals surface area (Å²) in [6.45, 7) is 1.23. The number of imidazole rings is 1. The topological polar surface area (TPSA) is 64.9 Å². The number of benzene rings is 1. The van der Waals surface area contributed by atoms with E-state index in [4.69, 9.17) is 21.1 Å². The molecule has 0 saturated carbocycles. The summed E-state index contributed by atoms with van der Waals surface area (Å²) < 4.78 is 26.7. The highest BCUT2D eigenvalue weighted by Gasteiger charge is 2.20. The lowest BCUT2D eigenvalue weighted by Gasteiger charge is -2.12. The van der Waals surface area contributed by atoms with Crippen molar-refractivity contribution >= 4 is 23.2 Å². The van der Waals surface area contributed by atoms with Crippen molar-refractivity contribution in [1.82, 2.24) is 14.7 Å². The number of carbonyl (C=O) groups excluding carboxylic acids is 1. The van der Waals surface area contributed by atoms with Crippen molar-refractivity contribution in [3.8, 4) is 11.5 Å². The summed E-state index contributed by atoms with van der Waals surface area (Å²) in [5.74, 6) is -0.256. The average Bonchev–Trinajstić information content (AvgIpc) is 2.81. The van der Waals surface area contributed by atoms with Crippen LogP contribution in [-0.4, -0.2) is 28.5 Å². The molecular formula is C18H15ClFN3O3. The molecule has 4 rings (SSSR count). The van der Waals surface area contributed by atoms with Crippen LogP contribution in [0.2, 0.25) is 5.02 Å². The Morgan fingerprint density at radius 1 is 1.31 bits per heavy atom. The molecule has 0 fully saturated rings.